The van der Waals surface area contributed by atoms with Crippen LogP contribution in [-0.2, 0) is 52.6 Å². The second-order valence-corrected chi connectivity index (χ2v) is 12.8. The fourth-order valence-corrected chi connectivity index (χ4v) is 5.76. The molecule has 4 aromatic carbocycles. The fourth-order valence-electron chi connectivity index (χ4n) is 5.35. The molecule has 6 N–H and O–H groups in total. The maximum atomic E-state index is 13.1. The molecule has 4 unspecified atom stereocenters. The Bertz CT molecular complexity index is 1710. The average molecular weight is 718 g/mol. The van der Waals surface area contributed by atoms with Gasteiger partial charge in [0.15, 0.2) is 0 Å². The van der Waals surface area contributed by atoms with Crippen LogP contribution in [0.15, 0.2) is 121 Å². The molecular weight excluding hydrogens is 679 g/mol. The van der Waals surface area contributed by atoms with Crippen molar-refractivity contribution < 1.29 is 28.7 Å². The van der Waals surface area contributed by atoms with Gasteiger partial charge in [-0.1, -0.05) is 120 Å². The van der Waals surface area contributed by atoms with Crippen molar-refractivity contribution in [2.75, 3.05) is 0 Å². The Morgan fingerprint density at radius 3 is 1.26 bits per heavy atom. The number of carbonyl (C=O) groups excluding carboxylic acids is 4. The summed E-state index contributed by atoms with van der Waals surface area (Å²) in [6, 6.07) is 32.8. The molecule has 0 heterocycles. The maximum absolute atomic E-state index is 13.1. The highest BCUT2D eigenvalue weighted by Gasteiger charge is 2.34. The van der Waals surface area contributed by atoms with E-state index in [-0.39, 0.29) is 0 Å². The van der Waals surface area contributed by atoms with E-state index in [9.17, 15) is 19.2 Å². The molecule has 0 aliphatic carbocycles. The van der Waals surface area contributed by atoms with E-state index in [2.05, 4.69) is 10.6 Å². The minimum atomic E-state index is -1.72. The quantitative estimate of drug-likeness (QED) is 0.0800. The highest BCUT2D eigenvalue weighted by atomic mass is 35.5. The SMILES string of the molecule is CC(Cc1ccccc1Cl)(NC(=O)C(N)OC(=O)/C=C\C(=O)OC(N)C(=O)NC(C)(Cc1ccccc1Cl)c1ccccc1)c1ccccc1. The number of nitrogens with two attached hydrogens (primary N) is 2. The molecule has 260 valence electrons. The first-order valence-electron chi connectivity index (χ1n) is 15.6. The second-order valence-electron chi connectivity index (χ2n) is 12.0. The number of ether oxygens (including phenoxy) is 2. The number of halogens is 2. The summed E-state index contributed by atoms with van der Waals surface area (Å²) in [5.74, 6) is -3.78. The number of hydrogen-bond acceptors (Lipinski definition) is 8. The first kappa shape index (κ1) is 37.8. The van der Waals surface area contributed by atoms with Crippen LogP contribution in [0.2, 0.25) is 10.0 Å². The number of carbonyl (C=O) groups is 4. The standard InChI is InChI=1S/C38H38Cl2N4O6/c1-37(27-15-5-3-6-16-27,23-25-13-9-11-19-29(25)39)43-35(47)33(41)49-31(45)21-22-32(46)50-34(42)36(48)44-38(2,28-17-7-4-8-18-28)24-26-14-10-12-20-30(26)40/h3-22,33-34H,23-24,41-42H2,1-2H3,(H,43,47)(H,44,48)/b22-21-. The van der Waals surface area contributed by atoms with E-state index in [0.29, 0.717) is 35.0 Å². The molecule has 2 amide bonds. The van der Waals surface area contributed by atoms with Crippen LogP contribution in [0, 0.1) is 0 Å². The van der Waals surface area contributed by atoms with E-state index in [1.165, 1.54) is 0 Å². The fraction of sp³-hybridized carbons (Fsp3) is 0.211. The summed E-state index contributed by atoms with van der Waals surface area (Å²) in [4.78, 5) is 51.2. The van der Waals surface area contributed by atoms with Gasteiger partial charge >= 0.3 is 11.9 Å². The summed E-state index contributed by atoms with van der Waals surface area (Å²) >= 11 is 12.8. The summed E-state index contributed by atoms with van der Waals surface area (Å²) in [7, 11) is 0. The lowest BCUT2D eigenvalue weighted by molar-refractivity contribution is -0.153. The molecule has 0 radical (unpaired) electrons. The Kier molecular flexibility index (Phi) is 12.9. The zero-order valence-corrected chi connectivity index (χ0v) is 29.0. The van der Waals surface area contributed by atoms with Crippen molar-refractivity contribution in [1.29, 1.82) is 0 Å². The van der Waals surface area contributed by atoms with Gasteiger partial charge in [-0.2, -0.15) is 0 Å². The summed E-state index contributed by atoms with van der Waals surface area (Å²) in [5.41, 5.74) is 13.0. The van der Waals surface area contributed by atoms with Crippen LogP contribution < -0.4 is 22.1 Å². The zero-order chi connectivity index (χ0) is 36.3. The number of rotatable bonds is 14. The zero-order valence-electron chi connectivity index (χ0n) is 27.5. The van der Waals surface area contributed by atoms with Gasteiger partial charge in [0.1, 0.15) is 0 Å². The van der Waals surface area contributed by atoms with Crippen LogP contribution in [0.5, 0.6) is 0 Å². The van der Waals surface area contributed by atoms with Gasteiger partial charge in [0, 0.05) is 35.0 Å². The Morgan fingerprint density at radius 1 is 0.600 bits per heavy atom. The highest BCUT2D eigenvalue weighted by molar-refractivity contribution is 6.31. The Labute approximate surface area is 300 Å². The van der Waals surface area contributed by atoms with Crippen LogP contribution >= 0.6 is 23.2 Å². The average Bonchev–Trinajstić information content (AvgIpc) is 3.10. The van der Waals surface area contributed by atoms with Crippen molar-refractivity contribution in [3.63, 3.8) is 0 Å². The largest absolute Gasteiger partial charge is 0.434 e. The lowest BCUT2D eigenvalue weighted by atomic mass is 9.85. The van der Waals surface area contributed by atoms with Gasteiger partial charge in [-0.25, -0.2) is 9.59 Å². The molecule has 10 nitrogen and oxygen atoms in total. The van der Waals surface area contributed by atoms with E-state index < -0.39 is 47.3 Å². The van der Waals surface area contributed by atoms with Crippen molar-refractivity contribution in [2.24, 2.45) is 11.5 Å². The summed E-state index contributed by atoms with van der Waals surface area (Å²) in [6.45, 7) is 3.60. The lowest BCUT2D eigenvalue weighted by Crippen LogP contribution is -2.52. The van der Waals surface area contributed by atoms with E-state index in [1.54, 1.807) is 38.1 Å². The van der Waals surface area contributed by atoms with Crippen LogP contribution in [0.25, 0.3) is 0 Å². The van der Waals surface area contributed by atoms with Crippen LogP contribution in [-0.4, -0.2) is 36.2 Å². The van der Waals surface area contributed by atoms with Crippen molar-refractivity contribution in [3.8, 4) is 0 Å². The van der Waals surface area contributed by atoms with Gasteiger partial charge < -0.3 is 20.1 Å². The number of benzene rings is 4. The molecule has 0 aromatic heterocycles. The van der Waals surface area contributed by atoms with Gasteiger partial charge in [0.2, 0.25) is 12.5 Å². The summed E-state index contributed by atoms with van der Waals surface area (Å²) in [6.07, 6.45) is -1.39. The van der Waals surface area contributed by atoms with Gasteiger partial charge in [-0.05, 0) is 48.2 Å². The van der Waals surface area contributed by atoms with Crippen LogP contribution in [0.3, 0.4) is 0 Å². The second kappa shape index (κ2) is 17.1. The van der Waals surface area contributed by atoms with Crippen LogP contribution in [0.4, 0.5) is 0 Å². The van der Waals surface area contributed by atoms with Crippen molar-refractivity contribution in [1.82, 2.24) is 10.6 Å². The Balaban J connectivity index is 1.35. The molecule has 0 bridgehead atoms. The van der Waals surface area contributed by atoms with Crippen molar-refractivity contribution in [2.45, 2.75) is 50.2 Å². The van der Waals surface area contributed by atoms with Crippen LogP contribution in [0.1, 0.15) is 36.1 Å². The summed E-state index contributed by atoms with van der Waals surface area (Å²) < 4.78 is 10.1. The van der Waals surface area contributed by atoms with Gasteiger partial charge in [0.05, 0.1) is 11.1 Å². The molecule has 4 atom stereocenters. The smallest absolute Gasteiger partial charge is 0.333 e. The predicted molar refractivity (Wildman–Crippen MR) is 191 cm³/mol. The normalized spacial score (nSPS) is 14.8. The minimum Gasteiger partial charge on any atom is -0.434 e. The monoisotopic (exact) mass is 716 g/mol. The number of nitrogens with one attached hydrogen (secondary N) is 2. The molecule has 0 aliphatic rings. The first-order valence-corrected chi connectivity index (χ1v) is 16.4. The predicted octanol–water partition coefficient (Wildman–Crippen LogP) is 5.05. The third kappa shape index (κ3) is 10.3. The molecule has 50 heavy (non-hydrogen) atoms. The van der Waals surface area contributed by atoms with E-state index in [0.717, 1.165) is 22.3 Å². The Morgan fingerprint density at radius 2 is 0.920 bits per heavy atom. The third-order valence-electron chi connectivity index (χ3n) is 7.98. The number of hydrogen-bond donors (Lipinski definition) is 4. The topological polar surface area (TPSA) is 163 Å². The van der Waals surface area contributed by atoms with Crippen molar-refractivity contribution in [3.05, 3.63) is 154 Å². The number of esters is 2. The van der Waals surface area contributed by atoms with Gasteiger partial charge in [-0.3, -0.25) is 21.1 Å². The molecule has 12 heteroatoms. The molecule has 0 saturated heterocycles. The molecule has 0 spiro atoms. The molecule has 4 aromatic rings. The molecular formula is C38H38Cl2N4O6. The van der Waals surface area contributed by atoms with Gasteiger partial charge in [-0.15, -0.1) is 0 Å². The van der Waals surface area contributed by atoms with E-state index in [4.69, 9.17) is 44.1 Å². The summed E-state index contributed by atoms with van der Waals surface area (Å²) in [5, 5.41) is 6.77. The Hall–Kier alpha value is -5.00. The van der Waals surface area contributed by atoms with E-state index >= 15 is 0 Å². The molecule has 0 saturated carbocycles. The maximum Gasteiger partial charge on any atom is 0.333 e. The minimum absolute atomic E-state index is 0.313. The molecule has 4 rings (SSSR count). The molecule has 0 fully saturated rings. The molecule has 0 aliphatic heterocycles. The first-order chi connectivity index (χ1) is 23.8. The third-order valence-corrected chi connectivity index (χ3v) is 8.72. The van der Waals surface area contributed by atoms with Gasteiger partial charge in [0.25, 0.3) is 11.8 Å². The van der Waals surface area contributed by atoms with E-state index in [1.807, 2.05) is 84.9 Å². The highest BCUT2D eigenvalue weighted by Crippen LogP contribution is 2.30. The lowest BCUT2D eigenvalue weighted by Gasteiger charge is -2.33. The van der Waals surface area contributed by atoms with Crippen molar-refractivity contribution >= 4 is 47.0 Å². The number of amides is 2.